The van der Waals surface area contributed by atoms with Crippen molar-refractivity contribution in [2.24, 2.45) is 7.05 Å². The molecule has 2 N–H and O–H groups in total. The molecule has 0 unspecified atom stereocenters. The number of aryl methyl sites for hydroxylation is 1. The van der Waals surface area contributed by atoms with Gasteiger partial charge in [0.2, 0.25) is 0 Å². The van der Waals surface area contributed by atoms with Crippen molar-refractivity contribution in [3.05, 3.63) is 65.4 Å². The number of rotatable bonds is 5. The number of nitrogens with zero attached hydrogens (tertiary/aromatic N) is 2. The van der Waals surface area contributed by atoms with Crippen molar-refractivity contribution in [1.82, 2.24) is 14.9 Å². The summed E-state index contributed by atoms with van der Waals surface area (Å²) >= 11 is 1.43. The lowest BCUT2D eigenvalue weighted by Gasteiger charge is -2.12. The Bertz CT molecular complexity index is 795. The molecule has 0 aliphatic carbocycles. The van der Waals surface area contributed by atoms with Gasteiger partial charge in [0.05, 0.1) is 0 Å². The number of carbonyl (C=O) groups excluding carboxylic acids is 1. The lowest BCUT2D eigenvalue weighted by molar-refractivity contribution is 0.0908. The van der Waals surface area contributed by atoms with Crippen molar-refractivity contribution in [3.8, 4) is 10.6 Å². The normalized spacial score (nSPS) is 12.1. The molecule has 5 nitrogen and oxygen atoms in total. The van der Waals surface area contributed by atoms with Gasteiger partial charge >= 0.3 is 0 Å². The molecule has 3 rings (SSSR count). The maximum atomic E-state index is 12.2. The molecule has 0 spiro atoms. The van der Waals surface area contributed by atoms with E-state index in [9.17, 15) is 9.90 Å². The first-order valence-corrected chi connectivity index (χ1v) is 8.11. The van der Waals surface area contributed by atoms with Crippen LogP contribution in [0.1, 0.15) is 22.3 Å². The Kier molecular flexibility index (Phi) is 4.55. The van der Waals surface area contributed by atoms with Gasteiger partial charge in [-0.2, -0.15) is 0 Å². The summed E-state index contributed by atoms with van der Waals surface area (Å²) in [4.78, 5) is 16.5. The molecular weight excluding hydrogens is 310 g/mol. The van der Waals surface area contributed by atoms with E-state index in [1.165, 1.54) is 11.3 Å². The Balaban J connectivity index is 1.63. The van der Waals surface area contributed by atoms with E-state index in [1.54, 1.807) is 5.38 Å². The minimum Gasteiger partial charge on any atom is -0.385 e. The average molecular weight is 327 g/mol. The molecule has 2 heterocycles. The van der Waals surface area contributed by atoms with Gasteiger partial charge in [0, 0.05) is 36.4 Å². The van der Waals surface area contributed by atoms with Gasteiger partial charge in [-0.25, -0.2) is 4.98 Å². The highest BCUT2D eigenvalue weighted by Crippen LogP contribution is 2.23. The number of thiazole rings is 1. The molecule has 1 aromatic carbocycles. The Morgan fingerprint density at radius 2 is 2.09 bits per heavy atom. The van der Waals surface area contributed by atoms with Crippen LogP contribution in [0.15, 0.2) is 54.0 Å². The third-order valence-corrected chi connectivity index (χ3v) is 4.43. The molecule has 0 fully saturated rings. The van der Waals surface area contributed by atoms with E-state index in [0.717, 1.165) is 16.3 Å². The lowest BCUT2D eigenvalue weighted by atomic mass is 10.2. The number of aliphatic hydroxyl groups excluding tert-OH is 1. The zero-order valence-electron chi connectivity index (χ0n) is 12.6. The fraction of sp³-hybridized carbons (Fsp3) is 0.176. The maximum Gasteiger partial charge on any atom is 0.270 e. The van der Waals surface area contributed by atoms with Crippen LogP contribution in [0.4, 0.5) is 0 Å². The highest BCUT2D eigenvalue weighted by atomic mass is 32.1. The van der Waals surface area contributed by atoms with Crippen molar-refractivity contribution >= 4 is 17.2 Å². The Morgan fingerprint density at radius 1 is 1.30 bits per heavy atom. The third kappa shape index (κ3) is 3.49. The van der Waals surface area contributed by atoms with Crippen molar-refractivity contribution in [3.63, 3.8) is 0 Å². The predicted molar refractivity (Wildman–Crippen MR) is 90.3 cm³/mol. The molecule has 0 saturated heterocycles. The average Bonchev–Trinajstić information content (AvgIpc) is 3.22. The second-order valence-electron chi connectivity index (χ2n) is 5.17. The summed E-state index contributed by atoms with van der Waals surface area (Å²) in [5.74, 6) is -0.281. The summed E-state index contributed by atoms with van der Waals surface area (Å²) in [6.45, 7) is 0.148. The van der Waals surface area contributed by atoms with E-state index in [1.807, 2.05) is 60.3 Å². The molecule has 2 aromatic heterocycles. The minimum atomic E-state index is -0.744. The second kappa shape index (κ2) is 6.76. The zero-order chi connectivity index (χ0) is 16.2. The van der Waals surface area contributed by atoms with E-state index in [2.05, 4.69) is 10.3 Å². The van der Waals surface area contributed by atoms with Crippen LogP contribution in [0.2, 0.25) is 0 Å². The van der Waals surface area contributed by atoms with Crippen LogP contribution in [0.5, 0.6) is 0 Å². The molecule has 1 atom stereocenters. The fourth-order valence-electron chi connectivity index (χ4n) is 2.30. The van der Waals surface area contributed by atoms with Gasteiger partial charge < -0.3 is 15.0 Å². The van der Waals surface area contributed by atoms with Crippen LogP contribution in [-0.2, 0) is 7.05 Å². The molecule has 118 valence electrons. The number of carbonyl (C=O) groups is 1. The molecule has 0 aliphatic heterocycles. The van der Waals surface area contributed by atoms with E-state index >= 15 is 0 Å². The molecule has 0 bridgehead atoms. The highest BCUT2D eigenvalue weighted by molar-refractivity contribution is 7.13. The molecule has 1 amide bonds. The topological polar surface area (TPSA) is 67.2 Å². The number of hydrogen-bond donors (Lipinski definition) is 2. The van der Waals surface area contributed by atoms with Gasteiger partial charge in [0.1, 0.15) is 16.8 Å². The van der Waals surface area contributed by atoms with Crippen molar-refractivity contribution in [1.29, 1.82) is 0 Å². The first-order valence-electron chi connectivity index (χ1n) is 7.23. The molecule has 6 heteroatoms. The van der Waals surface area contributed by atoms with Crippen molar-refractivity contribution < 1.29 is 9.90 Å². The summed E-state index contributed by atoms with van der Waals surface area (Å²) in [5, 5.41) is 15.4. The number of hydrogen-bond acceptors (Lipinski definition) is 4. The lowest BCUT2D eigenvalue weighted by Crippen LogP contribution is -2.29. The summed E-state index contributed by atoms with van der Waals surface area (Å²) in [7, 11) is 1.85. The minimum absolute atomic E-state index is 0.148. The number of nitrogens with one attached hydrogen (secondary N) is 1. The van der Waals surface area contributed by atoms with Crippen LogP contribution in [0.25, 0.3) is 10.6 Å². The van der Waals surface area contributed by atoms with Gasteiger partial charge in [-0.15, -0.1) is 11.3 Å². The zero-order valence-corrected chi connectivity index (χ0v) is 13.5. The second-order valence-corrected chi connectivity index (χ2v) is 6.03. The van der Waals surface area contributed by atoms with Crippen LogP contribution >= 0.6 is 11.3 Å². The standard InChI is InChI=1S/C17H17N3O2S/c1-20-9-5-8-14(20)15(21)10-18-16(22)13-11-23-17(19-13)12-6-3-2-4-7-12/h2-9,11,15,21H,10H2,1H3,(H,18,22)/t15-/m0/s1. The Labute approximate surface area is 138 Å². The van der Waals surface area contributed by atoms with Crippen molar-refractivity contribution in [2.45, 2.75) is 6.10 Å². The summed E-state index contributed by atoms with van der Waals surface area (Å²) < 4.78 is 1.83. The number of amides is 1. The first-order chi connectivity index (χ1) is 11.1. The molecule has 0 aliphatic rings. The molecule has 0 saturated carbocycles. The largest absolute Gasteiger partial charge is 0.385 e. The number of aliphatic hydroxyl groups is 1. The SMILES string of the molecule is Cn1cccc1[C@@H](O)CNC(=O)c1csc(-c2ccccc2)n1. The number of aromatic nitrogens is 2. The molecule has 23 heavy (non-hydrogen) atoms. The summed E-state index contributed by atoms with van der Waals surface area (Å²) in [6.07, 6.45) is 1.11. The van der Waals surface area contributed by atoms with E-state index < -0.39 is 6.10 Å². The highest BCUT2D eigenvalue weighted by Gasteiger charge is 2.15. The van der Waals surface area contributed by atoms with Gasteiger partial charge in [-0.05, 0) is 12.1 Å². The predicted octanol–water partition coefficient (Wildman–Crippen LogP) is 2.61. The smallest absolute Gasteiger partial charge is 0.270 e. The summed E-state index contributed by atoms with van der Waals surface area (Å²) in [5.41, 5.74) is 2.11. The Hall–Kier alpha value is -2.44. The van der Waals surface area contributed by atoms with E-state index in [-0.39, 0.29) is 12.5 Å². The van der Waals surface area contributed by atoms with Gasteiger partial charge in [-0.3, -0.25) is 4.79 Å². The van der Waals surface area contributed by atoms with Crippen molar-refractivity contribution in [2.75, 3.05) is 6.54 Å². The van der Waals surface area contributed by atoms with Crippen LogP contribution in [0.3, 0.4) is 0 Å². The van der Waals surface area contributed by atoms with Crippen LogP contribution in [-0.4, -0.2) is 27.1 Å². The molecule has 3 aromatic rings. The quantitative estimate of drug-likeness (QED) is 0.757. The van der Waals surface area contributed by atoms with E-state index in [0.29, 0.717) is 5.69 Å². The van der Waals surface area contributed by atoms with E-state index in [4.69, 9.17) is 0 Å². The van der Waals surface area contributed by atoms with Gasteiger partial charge in [0.15, 0.2) is 0 Å². The first kappa shape index (κ1) is 15.5. The van der Waals surface area contributed by atoms with Gasteiger partial charge in [0.25, 0.3) is 5.91 Å². The van der Waals surface area contributed by atoms with Crippen LogP contribution in [0, 0.1) is 0 Å². The number of benzene rings is 1. The maximum absolute atomic E-state index is 12.2. The monoisotopic (exact) mass is 327 g/mol. The molecule has 0 radical (unpaired) electrons. The van der Waals surface area contributed by atoms with Gasteiger partial charge in [-0.1, -0.05) is 30.3 Å². The molecular formula is C17H17N3O2S. The third-order valence-electron chi connectivity index (χ3n) is 3.54. The fourth-order valence-corrected chi connectivity index (χ4v) is 3.10. The van der Waals surface area contributed by atoms with Crippen LogP contribution < -0.4 is 5.32 Å². The Morgan fingerprint density at radius 3 is 2.78 bits per heavy atom. The summed E-state index contributed by atoms with van der Waals surface area (Å²) in [6, 6.07) is 13.4.